The van der Waals surface area contributed by atoms with Gasteiger partial charge >= 0.3 is 0 Å². The summed E-state index contributed by atoms with van der Waals surface area (Å²) in [6, 6.07) is 14.5. The Labute approximate surface area is 211 Å². The maximum atomic E-state index is 11.1. The highest BCUT2D eigenvalue weighted by Crippen LogP contribution is 2.46. The third-order valence-corrected chi connectivity index (χ3v) is 6.95. The van der Waals surface area contributed by atoms with Crippen molar-refractivity contribution in [1.29, 1.82) is 0 Å². The van der Waals surface area contributed by atoms with E-state index in [1.54, 1.807) is 36.4 Å². The fraction of sp³-hybridized carbons (Fsp3) is 0.222. The number of halogens is 2. The largest absolute Gasteiger partial charge is 0.473 e. The van der Waals surface area contributed by atoms with E-state index in [1.807, 2.05) is 12.1 Å². The van der Waals surface area contributed by atoms with Crippen molar-refractivity contribution in [3.05, 3.63) is 86.7 Å². The lowest BCUT2D eigenvalue weighted by atomic mass is 10.0. The number of aromatic nitrogens is 2. The molecular weight excluding hydrogens is 487 g/mol. The Kier molecular flexibility index (Phi) is 5.71. The minimum Gasteiger partial charge on any atom is -0.473 e. The molecular formula is C27H20Cl2N2O4. The van der Waals surface area contributed by atoms with Gasteiger partial charge in [0.2, 0.25) is 5.88 Å². The van der Waals surface area contributed by atoms with Crippen LogP contribution >= 0.6 is 23.2 Å². The number of carbonyl (C=O) groups excluding carboxylic acids is 1. The molecule has 4 aromatic rings. The molecule has 1 aliphatic heterocycles. The van der Waals surface area contributed by atoms with Crippen LogP contribution in [-0.4, -0.2) is 16.4 Å². The normalized spacial score (nSPS) is 14.5. The van der Waals surface area contributed by atoms with Crippen LogP contribution in [0, 0.1) is 0 Å². The molecule has 2 aromatic heterocycles. The molecule has 6 rings (SSSR count). The summed E-state index contributed by atoms with van der Waals surface area (Å²) in [5.74, 6) is 2.97. The second-order valence-electron chi connectivity index (χ2n) is 8.71. The number of benzene rings is 2. The van der Waals surface area contributed by atoms with E-state index >= 15 is 0 Å². The van der Waals surface area contributed by atoms with Gasteiger partial charge in [-0.2, -0.15) is 0 Å². The second kappa shape index (κ2) is 9.02. The van der Waals surface area contributed by atoms with Crippen LogP contribution in [0.3, 0.4) is 0 Å². The van der Waals surface area contributed by atoms with Gasteiger partial charge in [-0.15, -0.1) is 0 Å². The Bertz CT molecular complexity index is 1430. The highest BCUT2D eigenvalue weighted by atomic mass is 35.5. The molecule has 176 valence electrons. The molecule has 0 N–H and O–H groups in total. The summed E-state index contributed by atoms with van der Waals surface area (Å²) >= 11 is 12.9. The molecule has 0 atom stereocenters. The number of ether oxygens (including phenoxy) is 2. The molecule has 0 unspecified atom stereocenters. The predicted octanol–water partition coefficient (Wildman–Crippen LogP) is 7.20. The number of hydrogen-bond donors (Lipinski definition) is 0. The van der Waals surface area contributed by atoms with E-state index in [0.29, 0.717) is 56.6 Å². The van der Waals surface area contributed by atoms with E-state index < -0.39 is 0 Å². The van der Waals surface area contributed by atoms with Gasteiger partial charge in [-0.25, -0.2) is 4.98 Å². The highest BCUT2D eigenvalue weighted by Gasteiger charge is 2.33. The molecule has 8 heteroatoms. The fourth-order valence-electron chi connectivity index (χ4n) is 4.33. The number of pyridine rings is 1. The van der Waals surface area contributed by atoms with Crippen molar-refractivity contribution in [2.45, 2.75) is 38.2 Å². The molecule has 35 heavy (non-hydrogen) atoms. The van der Waals surface area contributed by atoms with Gasteiger partial charge in [0.05, 0.1) is 21.3 Å². The second-order valence-corrected chi connectivity index (χ2v) is 9.53. The summed E-state index contributed by atoms with van der Waals surface area (Å²) in [4.78, 5) is 15.9. The number of aryl methyl sites for hydroxylation is 2. The lowest BCUT2D eigenvalue weighted by Crippen LogP contribution is -2.03. The van der Waals surface area contributed by atoms with Gasteiger partial charge in [-0.1, -0.05) is 46.6 Å². The third kappa shape index (κ3) is 4.28. The Hall–Kier alpha value is -3.35. The van der Waals surface area contributed by atoms with E-state index in [2.05, 4.69) is 5.16 Å². The standard InChI is InChI=1S/C27H20Cl2N2O4/c28-19-2-1-3-20(29)25(19)26-18(27(35-31-26)17-6-7-17)14-33-24-11-10-22-21(30-24)9-8-16-5-4-15(13-32)12-23(16)34-22/h1-5,10-13,17H,6-9,14H2. The lowest BCUT2D eigenvalue weighted by molar-refractivity contribution is 0.112. The van der Waals surface area contributed by atoms with Crippen molar-refractivity contribution in [1.82, 2.24) is 10.1 Å². The minimum absolute atomic E-state index is 0.224. The predicted molar refractivity (Wildman–Crippen MR) is 132 cm³/mol. The molecule has 1 saturated carbocycles. The molecule has 1 fully saturated rings. The van der Waals surface area contributed by atoms with Crippen molar-refractivity contribution in [3.63, 3.8) is 0 Å². The van der Waals surface area contributed by atoms with Crippen LogP contribution in [0.1, 0.15) is 51.7 Å². The summed E-state index contributed by atoms with van der Waals surface area (Å²) in [6.07, 6.45) is 4.37. The van der Waals surface area contributed by atoms with Gasteiger partial charge < -0.3 is 14.0 Å². The lowest BCUT2D eigenvalue weighted by Gasteiger charge is -2.11. The topological polar surface area (TPSA) is 74.5 Å². The molecule has 0 spiro atoms. The van der Waals surface area contributed by atoms with Gasteiger partial charge in [0.25, 0.3) is 0 Å². The van der Waals surface area contributed by atoms with Crippen LogP contribution in [0.2, 0.25) is 10.0 Å². The first-order chi connectivity index (χ1) is 17.1. The molecule has 0 bridgehead atoms. The molecule has 3 heterocycles. The van der Waals surface area contributed by atoms with E-state index in [-0.39, 0.29) is 6.61 Å². The number of fused-ring (bicyclic) bond motifs is 2. The highest BCUT2D eigenvalue weighted by molar-refractivity contribution is 6.39. The summed E-state index contributed by atoms with van der Waals surface area (Å²) in [5.41, 5.74) is 4.49. The monoisotopic (exact) mass is 506 g/mol. The number of carbonyl (C=O) groups is 1. The fourth-order valence-corrected chi connectivity index (χ4v) is 4.91. The van der Waals surface area contributed by atoms with Crippen LogP contribution in [0.4, 0.5) is 0 Å². The maximum absolute atomic E-state index is 11.1. The average molecular weight is 507 g/mol. The summed E-state index contributed by atoms with van der Waals surface area (Å²) in [7, 11) is 0. The molecule has 0 radical (unpaired) electrons. The number of aldehydes is 1. The van der Waals surface area contributed by atoms with E-state index in [4.69, 9.17) is 42.2 Å². The van der Waals surface area contributed by atoms with Crippen molar-refractivity contribution >= 4 is 29.5 Å². The smallest absolute Gasteiger partial charge is 0.214 e. The first-order valence-corrected chi connectivity index (χ1v) is 12.2. The van der Waals surface area contributed by atoms with Crippen molar-refractivity contribution in [2.24, 2.45) is 0 Å². The van der Waals surface area contributed by atoms with E-state index in [0.717, 1.165) is 48.1 Å². The first-order valence-electron chi connectivity index (χ1n) is 11.4. The van der Waals surface area contributed by atoms with Crippen molar-refractivity contribution in [3.8, 4) is 28.6 Å². The zero-order chi connectivity index (χ0) is 23.9. The number of hydrogen-bond acceptors (Lipinski definition) is 6. The van der Waals surface area contributed by atoms with Crippen LogP contribution in [0.15, 0.2) is 53.1 Å². The molecule has 1 aliphatic carbocycles. The van der Waals surface area contributed by atoms with E-state index in [1.165, 1.54) is 0 Å². The van der Waals surface area contributed by atoms with Gasteiger partial charge in [-0.3, -0.25) is 4.79 Å². The molecule has 2 aliphatic rings. The SMILES string of the molecule is O=Cc1ccc2c(c1)Oc1ccc(OCc3c(-c4c(Cl)cccc4Cl)noc3C3CC3)nc1CC2. The summed E-state index contributed by atoms with van der Waals surface area (Å²) < 4.78 is 17.9. The van der Waals surface area contributed by atoms with Crippen LogP contribution in [-0.2, 0) is 19.4 Å². The molecule has 6 nitrogen and oxygen atoms in total. The van der Waals surface area contributed by atoms with Crippen LogP contribution in [0.25, 0.3) is 11.3 Å². The summed E-state index contributed by atoms with van der Waals surface area (Å²) in [6.45, 7) is 0.224. The zero-order valence-corrected chi connectivity index (χ0v) is 20.1. The van der Waals surface area contributed by atoms with Gasteiger partial charge in [-0.05, 0) is 55.5 Å². The number of rotatable bonds is 6. The molecule has 2 aromatic carbocycles. The van der Waals surface area contributed by atoms with Crippen molar-refractivity contribution < 1.29 is 18.8 Å². The zero-order valence-electron chi connectivity index (χ0n) is 18.6. The quantitative estimate of drug-likeness (QED) is 0.257. The molecule has 0 saturated heterocycles. The van der Waals surface area contributed by atoms with Crippen LogP contribution < -0.4 is 9.47 Å². The van der Waals surface area contributed by atoms with Gasteiger partial charge in [0.15, 0.2) is 0 Å². The van der Waals surface area contributed by atoms with Crippen LogP contribution in [0.5, 0.6) is 17.4 Å². The Morgan fingerprint density at radius 3 is 2.63 bits per heavy atom. The Morgan fingerprint density at radius 1 is 1.03 bits per heavy atom. The molecule has 0 amide bonds. The van der Waals surface area contributed by atoms with Gasteiger partial charge in [0.1, 0.15) is 35.8 Å². The first kappa shape index (κ1) is 22.1. The number of nitrogens with zero attached hydrogens (tertiary/aromatic N) is 2. The maximum Gasteiger partial charge on any atom is 0.214 e. The third-order valence-electron chi connectivity index (χ3n) is 6.32. The minimum atomic E-state index is 0.224. The van der Waals surface area contributed by atoms with Gasteiger partial charge in [0, 0.05) is 23.1 Å². The van der Waals surface area contributed by atoms with Crippen molar-refractivity contribution in [2.75, 3.05) is 0 Å². The average Bonchev–Trinajstić information content (AvgIpc) is 3.65. The Balaban J connectivity index is 1.27. The van der Waals surface area contributed by atoms with E-state index in [9.17, 15) is 4.79 Å². The summed E-state index contributed by atoms with van der Waals surface area (Å²) in [5, 5.41) is 5.33. The Morgan fingerprint density at radius 2 is 1.86 bits per heavy atom.